The summed E-state index contributed by atoms with van der Waals surface area (Å²) in [6.45, 7) is 15.0. The van der Waals surface area contributed by atoms with Gasteiger partial charge in [0.1, 0.15) is 0 Å². The zero-order chi connectivity index (χ0) is 14.2. The predicted octanol–water partition coefficient (Wildman–Crippen LogP) is 2.64. The van der Waals surface area contributed by atoms with E-state index in [4.69, 9.17) is 10.5 Å². The van der Waals surface area contributed by atoms with Gasteiger partial charge in [0, 0.05) is 6.54 Å². The summed E-state index contributed by atoms with van der Waals surface area (Å²) < 4.78 is 6.25. The van der Waals surface area contributed by atoms with Crippen molar-refractivity contribution >= 4 is 0 Å². The average Bonchev–Trinajstić information content (AvgIpc) is 2.39. The van der Waals surface area contributed by atoms with E-state index in [2.05, 4.69) is 53.5 Å². The number of nitrogens with zero attached hydrogens (tertiary/aromatic N) is 1. The standard InChI is InChI=1S/C15H32N2O/c1-12(2)8-9-17(7)15(11-16)10-13(3,4)18-14(15,5)6/h12H,8-11,16H2,1-7H3. The van der Waals surface area contributed by atoms with Gasteiger partial charge in [-0.15, -0.1) is 0 Å². The topological polar surface area (TPSA) is 38.5 Å². The van der Waals surface area contributed by atoms with Crippen molar-refractivity contribution in [1.29, 1.82) is 0 Å². The average molecular weight is 256 g/mol. The van der Waals surface area contributed by atoms with Crippen LogP contribution in [-0.4, -0.2) is 41.8 Å². The zero-order valence-corrected chi connectivity index (χ0v) is 13.3. The third kappa shape index (κ3) is 2.89. The second-order valence-electron chi connectivity index (χ2n) is 7.39. The molecule has 1 saturated heterocycles. The molecule has 0 spiro atoms. The molecule has 3 heteroatoms. The summed E-state index contributed by atoms with van der Waals surface area (Å²) in [4.78, 5) is 2.43. The molecular weight excluding hydrogens is 224 g/mol. The molecule has 0 bridgehead atoms. The second-order valence-corrected chi connectivity index (χ2v) is 7.39. The van der Waals surface area contributed by atoms with E-state index in [0.717, 1.165) is 18.9 Å². The summed E-state index contributed by atoms with van der Waals surface area (Å²) in [5, 5.41) is 0. The molecule has 3 nitrogen and oxygen atoms in total. The van der Waals surface area contributed by atoms with E-state index in [-0.39, 0.29) is 16.7 Å². The van der Waals surface area contributed by atoms with Gasteiger partial charge in [-0.1, -0.05) is 13.8 Å². The Hall–Kier alpha value is -0.120. The first-order valence-electron chi connectivity index (χ1n) is 7.18. The lowest BCUT2D eigenvalue weighted by Crippen LogP contribution is -2.62. The fourth-order valence-electron chi connectivity index (χ4n) is 3.47. The Morgan fingerprint density at radius 2 is 1.78 bits per heavy atom. The molecule has 18 heavy (non-hydrogen) atoms. The molecule has 1 rings (SSSR count). The fraction of sp³-hybridized carbons (Fsp3) is 1.00. The quantitative estimate of drug-likeness (QED) is 0.822. The lowest BCUT2D eigenvalue weighted by Gasteiger charge is -2.46. The van der Waals surface area contributed by atoms with Crippen molar-refractivity contribution in [3.05, 3.63) is 0 Å². The van der Waals surface area contributed by atoms with Crippen LogP contribution >= 0.6 is 0 Å². The lowest BCUT2D eigenvalue weighted by atomic mass is 9.77. The summed E-state index contributed by atoms with van der Waals surface area (Å²) in [6.07, 6.45) is 2.20. The maximum absolute atomic E-state index is 6.25. The number of likely N-dealkylation sites (N-methyl/N-ethyl adjacent to an activating group) is 1. The summed E-state index contributed by atoms with van der Waals surface area (Å²) in [5.74, 6) is 0.723. The highest BCUT2D eigenvalue weighted by Crippen LogP contribution is 2.47. The van der Waals surface area contributed by atoms with E-state index in [1.54, 1.807) is 0 Å². The van der Waals surface area contributed by atoms with Gasteiger partial charge in [-0.3, -0.25) is 4.90 Å². The predicted molar refractivity (Wildman–Crippen MR) is 77.7 cm³/mol. The summed E-state index contributed by atoms with van der Waals surface area (Å²) >= 11 is 0. The lowest BCUT2D eigenvalue weighted by molar-refractivity contribution is -0.100. The van der Waals surface area contributed by atoms with Crippen LogP contribution in [0.25, 0.3) is 0 Å². The van der Waals surface area contributed by atoms with Gasteiger partial charge < -0.3 is 10.5 Å². The van der Waals surface area contributed by atoms with Crippen LogP contribution in [0.3, 0.4) is 0 Å². The van der Waals surface area contributed by atoms with E-state index in [9.17, 15) is 0 Å². The molecule has 1 unspecified atom stereocenters. The second kappa shape index (κ2) is 5.10. The van der Waals surface area contributed by atoms with Crippen molar-refractivity contribution in [3.8, 4) is 0 Å². The maximum Gasteiger partial charge on any atom is 0.0829 e. The Balaban J connectivity index is 2.91. The summed E-state index contributed by atoms with van der Waals surface area (Å²) in [5.41, 5.74) is 5.82. The van der Waals surface area contributed by atoms with E-state index < -0.39 is 0 Å². The van der Waals surface area contributed by atoms with Gasteiger partial charge in [-0.2, -0.15) is 0 Å². The molecule has 0 radical (unpaired) electrons. The van der Waals surface area contributed by atoms with Crippen LogP contribution < -0.4 is 5.73 Å². The largest absolute Gasteiger partial charge is 0.368 e. The van der Waals surface area contributed by atoms with Gasteiger partial charge in [0.05, 0.1) is 16.7 Å². The highest BCUT2D eigenvalue weighted by Gasteiger charge is 2.58. The Kier molecular flexibility index (Phi) is 4.52. The van der Waals surface area contributed by atoms with E-state index in [1.165, 1.54) is 6.42 Å². The van der Waals surface area contributed by atoms with E-state index in [0.29, 0.717) is 6.54 Å². The first-order valence-corrected chi connectivity index (χ1v) is 7.18. The van der Waals surface area contributed by atoms with Crippen LogP contribution in [0.4, 0.5) is 0 Å². The van der Waals surface area contributed by atoms with E-state index >= 15 is 0 Å². The first-order chi connectivity index (χ1) is 8.06. The fourth-order valence-corrected chi connectivity index (χ4v) is 3.47. The molecule has 1 atom stereocenters. The Labute approximate surface area is 113 Å². The van der Waals surface area contributed by atoms with Crippen LogP contribution in [0, 0.1) is 5.92 Å². The molecular formula is C15H32N2O. The Bertz CT molecular complexity index is 286. The highest BCUT2D eigenvalue weighted by atomic mass is 16.5. The molecule has 1 fully saturated rings. The minimum Gasteiger partial charge on any atom is -0.368 e. The minimum atomic E-state index is -0.197. The number of hydrogen-bond donors (Lipinski definition) is 1. The molecule has 0 saturated carbocycles. The van der Waals surface area contributed by atoms with Crippen LogP contribution in [0.1, 0.15) is 54.4 Å². The van der Waals surface area contributed by atoms with Gasteiger partial charge in [-0.05, 0) is 60.0 Å². The number of rotatable bonds is 5. The number of hydrogen-bond acceptors (Lipinski definition) is 3. The normalized spacial score (nSPS) is 30.3. The summed E-state index contributed by atoms with van der Waals surface area (Å²) in [6, 6.07) is 0. The van der Waals surface area contributed by atoms with Gasteiger partial charge in [0.2, 0.25) is 0 Å². The summed E-state index contributed by atoms with van der Waals surface area (Å²) in [7, 11) is 2.20. The van der Waals surface area contributed by atoms with Crippen molar-refractivity contribution < 1.29 is 4.74 Å². The highest BCUT2D eigenvalue weighted by molar-refractivity contribution is 5.12. The first kappa shape index (κ1) is 15.9. The molecule has 0 aromatic carbocycles. The van der Waals surface area contributed by atoms with E-state index in [1.807, 2.05) is 0 Å². The third-order valence-corrected chi connectivity index (χ3v) is 4.48. The van der Waals surface area contributed by atoms with Crippen LogP contribution in [0.15, 0.2) is 0 Å². The molecule has 2 N–H and O–H groups in total. The van der Waals surface area contributed by atoms with Gasteiger partial charge in [0.25, 0.3) is 0 Å². The minimum absolute atomic E-state index is 0.0502. The molecule has 1 heterocycles. The van der Waals surface area contributed by atoms with Crippen molar-refractivity contribution in [1.82, 2.24) is 4.90 Å². The molecule has 1 aliphatic rings. The van der Waals surface area contributed by atoms with Gasteiger partial charge in [0.15, 0.2) is 0 Å². The van der Waals surface area contributed by atoms with Crippen LogP contribution in [-0.2, 0) is 4.74 Å². The number of nitrogens with two attached hydrogens (primary N) is 1. The maximum atomic E-state index is 6.25. The van der Waals surface area contributed by atoms with Crippen LogP contribution in [0.5, 0.6) is 0 Å². The van der Waals surface area contributed by atoms with Gasteiger partial charge >= 0.3 is 0 Å². The molecule has 1 aliphatic heterocycles. The van der Waals surface area contributed by atoms with Crippen molar-refractivity contribution in [3.63, 3.8) is 0 Å². The molecule has 108 valence electrons. The molecule has 0 aromatic heterocycles. The monoisotopic (exact) mass is 256 g/mol. The SMILES string of the molecule is CC(C)CCN(C)C1(CN)CC(C)(C)OC1(C)C. The molecule has 0 aromatic rings. The molecule has 0 aliphatic carbocycles. The van der Waals surface area contributed by atoms with Crippen molar-refractivity contribution in [2.24, 2.45) is 11.7 Å². The van der Waals surface area contributed by atoms with Crippen LogP contribution in [0.2, 0.25) is 0 Å². The Morgan fingerprint density at radius 3 is 2.11 bits per heavy atom. The molecule has 0 amide bonds. The third-order valence-electron chi connectivity index (χ3n) is 4.48. The van der Waals surface area contributed by atoms with Gasteiger partial charge in [-0.25, -0.2) is 0 Å². The zero-order valence-electron chi connectivity index (χ0n) is 13.3. The van der Waals surface area contributed by atoms with Crippen molar-refractivity contribution in [2.45, 2.75) is 71.1 Å². The smallest absolute Gasteiger partial charge is 0.0829 e. The Morgan fingerprint density at radius 1 is 1.22 bits per heavy atom. The van der Waals surface area contributed by atoms with Crippen molar-refractivity contribution in [2.75, 3.05) is 20.1 Å². The number of ether oxygens (including phenoxy) is 1.